The Hall–Kier alpha value is -3.02. The number of benzene rings is 2. The van der Waals surface area contributed by atoms with E-state index in [0.717, 1.165) is 5.75 Å². The van der Waals surface area contributed by atoms with Crippen LogP contribution in [0.2, 0.25) is 0 Å². The van der Waals surface area contributed by atoms with E-state index in [0.29, 0.717) is 24.3 Å². The Balaban J connectivity index is 1.42. The number of carbonyl (C=O) groups is 1. The van der Waals surface area contributed by atoms with Gasteiger partial charge in [0.25, 0.3) is 0 Å². The van der Waals surface area contributed by atoms with Gasteiger partial charge in [0.1, 0.15) is 12.4 Å². The zero-order valence-electron chi connectivity index (χ0n) is 16.5. The maximum atomic E-state index is 12.0. The third kappa shape index (κ3) is 4.82. The summed E-state index contributed by atoms with van der Waals surface area (Å²) >= 11 is 0. The minimum atomic E-state index is -0.448. The number of hydrogen-bond acceptors (Lipinski definition) is 4. The van der Waals surface area contributed by atoms with Gasteiger partial charge >= 0.3 is 5.76 Å². The Morgan fingerprint density at radius 2 is 1.82 bits per heavy atom. The Labute approximate surface area is 164 Å². The SMILES string of the molecule is CC(C)(C)c1ccc(OCCNC(=O)CCn2c(=O)oc3ccccc32)cc1. The summed E-state index contributed by atoms with van der Waals surface area (Å²) in [6.07, 6.45) is 0.198. The lowest BCUT2D eigenvalue weighted by molar-refractivity contribution is -0.121. The second kappa shape index (κ2) is 8.33. The van der Waals surface area contributed by atoms with Gasteiger partial charge in [-0.3, -0.25) is 9.36 Å². The van der Waals surface area contributed by atoms with Crippen LogP contribution < -0.4 is 15.8 Å². The van der Waals surface area contributed by atoms with E-state index in [2.05, 4.69) is 38.2 Å². The zero-order chi connectivity index (χ0) is 20.1. The second-order valence-electron chi connectivity index (χ2n) is 7.71. The van der Waals surface area contributed by atoms with E-state index in [1.54, 1.807) is 18.2 Å². The largest absolute Gasteiger partial charge is 0.492 e. The average Bonchev–Trinajstić information content (AvgIpc) is 2.98. The number of amides is 1. The molecular weight excluding hydrogens is 356 g/mol. The molecule has 3 aromatic rings. The van der Waals surface area contributed by atoms with Gasteiger partial charge in [-0.2, -0.15) is 0 Å². The van der Waals surface area contributed by atoms with Crippen molar-refractivity contribution in [3.05, 3.63) is 64.6 Å². The lowest BCUT2D eigenvalue weighted by atomic mass is 9.87. The first-order valence-electron chi connectivity index (χ1n) is 9.43. The third-order valence-corrected chi connectivity index (χ3v) is 4.55. The lowest BCUT2D eigenvalue weighted by Crippen LogP contribution is -2.29. The highest BCUT2D eigenvalue weighted by molar-refractivity contribution is 5.76. The molecule has 3 rings (SSSR count). The molecule has 0 aliphatic heterocycles. The molecule has 0 spiro atoms. The highest BCUT2D eigenvalue weighted by Crippen LogP contribution is 2.24. The summed E-state index contributed by atoms with van der Waals surface area (Å²) in [4.78, 5) is 23.9. The van der Waals surface area contributed by atoms with Gasteiger partial charge in [0.2, 0.25) is 5.91 Å². The van der Waals surface area contributed by atoms with Crippen molar-refractivity contribution in [3.8, 4) is 5.75 Å². The zero-order valence-corrected chi connectivity index (χ0v) is 16.5. The first-order chi connectivity index (χ1) is 13.3. The number of carbonyl (C=O) groups excluding carboxylic acids is 1. The van der Waals surface area contributed by atoms with Crippen LogP contribution in [-0.2, 0) is 16.8 Å². The summed E-state index contributed by atoms with van der Waals surface area (Å²) in [5, 5.41) is 2.81. The van der Waals surface area contributed by atoms with Crippen LogP contribution >= 0.6 is 0 Å². The summed E-state index contributed by atoms with van der Waals surface area (Å²) in [6.45, 7) is 7.56. The predicted molar refractivity (Wildman–Crippen MR) is 109 cm³/mol. The van der Waals surface area contributed by atoms with Gasteiger partial charge in [-0.15, -0.1) is 0 Å². The van der Waals surface area contributed by atoms with Crippen molar-refractivity contribution >= 4 is 17.0 Å². The number of aryl methyl sites for hydroxylation is 1. The van der Waals surface area contributed by atoms with Crippen molar-refractivity contribution in [2.75, 3.05) is 13.2 Å². The molecule has 0 radical (unpaired) electrons. The van der Waals surface area contributed by atoms with Gasteiger partial charge < -0.3 is 14.5 Å². The van der Waals surface area contributed by atoms with Gasteiger partial charge in [0.15, 0.2) is 5.58 Å². The molecule has 0 bridgehead atoms. The Bertz CT molecular complexity index is 994. The number of para-hydroxylation sites is 2. The summed E-state index contributed by atoms with van der Waals surface area (Å²) in [5.74, 6) is 0.193. The normalized spacial score (nSPS) is 11.5. The molecule has 0 unspecified atom stereocenters. The minimum absolute atomic E-state index is 0.106. The van der Waals surface area contributed by atoms with E-state index < -0.39 is 5.76 Å². The lowest BCUT2D eigenvalue weighted by Gasteiger charge is -2.19. The van der Waals surface area contributed by atoms with Crippen LogP contribution in [-0.4, -0.2) is 23.6 Å². The van der Waals surface area contributed by atoms with Crippen LogP contribution in [0.15, 0.2) is 57.7 Å². The van der Waals surface area contributed by atoms with Crippen LogP contribution in [0, 0.1) is 0 Å². The summed E-state index contributed by atoms with van der Waals surface area (Å²) < 4.78 is 12.3. The standard InChI is InChI=1S/C22H26N2O4/c1-22(2,3)16-8-10-17(11-9-16)27-15-13-23-20(25)12-14-24-18-6-4-5-7-19(18)28-21(24)26/h4-11H,12-15H2,1-3H3,(H,23,25). The topological polar surface area (TPSA) is 73.5 Å². The van der Waals surface area contributed by atoms with Gasteiger partial charge in [0.05, 0.1) is 12.1 Å². The highest BCUT2D eigenvalue weighted by atomic mass is 16.5. The van der Waals surface area contributed by atoms with E-state index in [1.165, 1.54) is 10.1 Å². The fourth-order valence-electron chi connectivity index (χ4n) is 2.94. The molecule has 0 fully saturated rings. The number of nitrogens with one attached hydrogen (secondary N) is 1. The molecule has 148 valence electrons. The smallest absolute Gasteiger partial charge is 0.419 e. The number of rotatable bonds is 7. The van der Waals surface area contributed by atoms with Crippen LogP contribution in [0.3, 0.4) is 0 Å². The molecule has 2 aromatic carbocycles. The van der Waals surface area contributed by atoms with Gasteiger partial charge in [0, 0.05) is 13.0 Å². The molecule has 6 heteroatoms. The molecule has 1 aromatic heterocycles. The minimum Gasteiger partial charge on any atom is -0.492 e. The molecular formula is C22H26N2O4. The first kappa shape index (κ1) is 19.7. The van der Waals surface area contributed by atoms with E-state index in [1.807, 2.05) is 18.2 Å². The van der Waals surface area contributed by atoms with Gasteiger partial charge in [-0.05, 0) is 35.2 Å². The predicted octanol–water partition coefficient (Wildman–Crippen LogP) is 3.48. The number of oxazole rings is 1. The average molecular weight is 382 g/mol. The molecule has 6 nitrogen and oxygen atoms in total. The van der Waals surface area contributed by atoms with Crippen molar-refractivity contribution in [1.29, 1.82) is 0 Å². The maximum Gasteiger partial charge on any atom is 0.419 e. The molecule has 0 atom stereocenters. The number of aromatic nitrogens is 1. The molecule has 1 heterocycles. The molecule has 0 saturated carbocycles. The molecule has 0 aliphatic rings. The number of ether oxygens (including phenoxy) is 1. The van der Waals surface area contributed by atoms with E-state index in [9.17, 15) is 9.59 Å². The molecule has 1 N–H and O–H groups in total. The van der Waals surface area contributed by atoms with Crippen LogP contribution in [0.25, 0.3) is 11.1 Å². The fourth-order valence-corrected chi connectivity index (χ4v) is 2.94. The number of fused-ring (bicyclic) bond motifs is 1. The quantitative estimate of drug-likeness (QED) is 0.635. The second-order valence-corrected chi connectivity index (χ2v) is 7.71. The molecule has 28 heavy (non-hydrogen) atoms. The van der Waals surface area contributed by atoms with Crippen molar-refractivity contribution in [1.82, 2.24) is 9.88 Å². The fraction of sp³-hybridized carbons (Fsp3) is 0.364. The van der Waals surface area contributed by atoms with Crippen molar-refractivity contribution in [2.24, 2.45) is 0 Å². The van der Waals surface area contributed by atoms with Crippen LogP contribution in [0.1, 0.15) is 32.8 Å². The third-order valence-electron chi connectivity index (χ3n) is 4.55. The van der Waals surface area contributed by atoms with Crippen molar-refractivity contribution in [2.45, 2.75) is 39.2 Å². The molecule has 0 aliphatic carbocycles. The van der Waals surface area contributed by atoms with Crippen molar-refractivity contribution < 1.29 is 13.9 Å². The Kier molecular flexibility index (Phi) is 5.87. The van der Waals surface area contributed by atoms with E-state index >= 15 is 0 Å². The van der Waals surface area contributed by atoms with Crippen LogP contribution in [0.4, 0.5) is 0 Å². The van der Waals surface area contributed by atoms with Crippen LogP contribution in [0.5, 0.6) is 5.75 Å². The molecule has 1 amide bonds. The highest BCUT2D eigenvalue weighted by Gasteiger charge is 2.13. The summed E-state index contributed by atoms with van der Waals surface area (Å²) in [5.41, 5.74) is 2.57. The monoisotopic (exact) mass is 382 g/mol. The van der Waals surface area contributed by atoms with E-state index in [4.69, 9.17) is 9.15 Å². The first-order valence-corrected chi connectivity index (χ1v) is 9.43. The van der Waals surface area contributed by atoms with Gasteiger partial charge in [-0.25, -0.2) is 4.79 Å². The molecule has 0 saturated heterocycles. The van der Waals surface area contributed by atoms with Gasteiger partial charge in [-0.1, -0.05) is 45.0 Å². The van der Waals surface area contributed by atoms with E-state index in [-0.39, 0.29) is 24.3 Å². The Morgan fingerprint density at radius 3 is 2.54 bits per heavy atom. The summed E-state index contributed by atoms with van der Waals surface area (Å²) in [7, 11) is 0. The number of hydrogen-bond donors (Lipinski definition) is 1. The van der Waals surface area contributed by atoms with Crippen molar-refractivity contribution in [3.63, 3.8) is 0 Å². The Morgan fingerprint density at radius 1 is 1.11 bits per heavy atom. The summed E-state index contributed by atoms with van der Waals surface area (Å²) in [6, 6.07) is 15.2. The number of nitrogens with zero attached hydrogens (tertiary/aromatic N) is 1. The maximum absolute atomic E-state index is 12.0.